The van der Waals surface area contributed by atoms with Gasteiger partial charge in [-0.1, -0.05) is 260 Å². The molecule has 0 unspecified atom stereocenters. The predicted molar refractivity (Wildman–Crippen MR) is 507 cm³/mol. The van der Waals surface area contributed by atoms with Gasteiger partial charge in [0.1, 0.15) is 11.5 Å². The Morgan fingerprint density at radius 1 is 0.458 bits per heavy atom. The number of pyridine rings is 1. The molecule has 0 radical (unpaired) electrons. The average Bonchev–Trinajstić information content (AvgIpc) is 1.61. The monoisotopic (exact) mass is 2000 g/mol. The van der Waals surface area contributed by atoms with Crippen LogP contribution in [0.4, 0.5) is 36.8 Å². The van der Waals surface area contributed by atoms with Gasteiger partial charge in [-0.25, -0.2) is 4.79 Å². The number of halogens is 13. The Labute approximate surface area is 753 Å². The van der Waals surface area contributed by atoms with E-state index in [0.717, 1.165) is 52.4 Å². The van der Waals surface area contributed by atoms with E-state index in [-0.39, 0.29) is 17.7 Å². The number of nitrogen functional groups attached to an aromatic ring is 1. The number of anilines is 1. The van der Waals surface area contributed by atoms with Crippen LogP contribution < -0.4 is 10.5 Å². The number of aromatic amines is 1. The Morgan fingerprint density at radius 3 is 1.34 bits per heavy atom. The highest BCUT2D eigenvalue weighted by molar-refractivity contribution is 9.11. The topological polar surface area (TPSA) is 115 Å². The number of carbonyl (C=O) groups excluding carboxylic acids is 1. The molecule has 0 saturated carbocycles. The molecule has 4 aromatic heterocycles. The zero-order valence-electron chi connectivity index (χ0n) is 71.4. The van der Waals surface area contributed by atoms with Crippen LogP contribution in [0.15, 0.2) is 235 Å². The van der Waals surface area contributed by atoms with Crippen LogP contribution in [0, 0.1) is 0 Å². The molecule has 12 rings (SSSR count). The van der Waals surface area contributed by atoms with Gasteiger partial charge < -0.3 is 25.3 Å². The first-order valence-corrected chi connectivity index (χ1v) is 44.5. The fraction of sp³-hybridized carbons (Fsp3) is 0.354. The van der Waals surface area contributed by atoms with Crippen molar-refractivity contribution in [3.8, 4) is 11.5 Å². The van der Waals surface area contributed by atoms with Gasteiger partial charge in [-0.2, -0.15) is 26.3 Å². The van der Waals surface area contributed by atoms with E-state index < -0.39 is 29.4 Å². The lowest BCUT2D eigenvalue weighted by molar-refractivity contribution is -0.143. The quantitative estimate of drug-likeness (QED) is 0.0878. The molecular formula is C96H115Br5Cl2F6N4O4S. The molecule has 0 aliphatic heterocycles. The number of hydrogen-bond donors (Lipinski definition) is 3. The zero-order valence-corrected chi connectivity index (χ0v) is 81.7. The second-order valence-electron chi connectivity index (χ2n) is 30.6. The second kappa shape index (κ2) is 51.8. The van der Waals surface area contributed by atoms with Crippen molar-refractivity contribution in [2.24, 2.45) is 0 Å². The summed E-state index contributed by atoms with van der Waals surface area (Å²) in [5.74, 6) is 5.80. The minimum Gasteiger partial charge on any atom is -0.508 e. The van der Waals surface area contributed by atoms with Crippen molar-refractivity contribution in [3.63, 3.8) is 0 Å². The van der Waals surface area contributed by atoms with Crippen LogP contribution in [-0.2, 0) is 17.1 Å². The number of phenols is 1. The molecule has 0 saturated heterocycles. The molecular weight excluding hydrogens is 1890 g/mol. The lowest BCUT2D eigenvalue weighted by atomic mass is 9.97. The van der Waals surface area contributed by atoms with Gasteiger partial charge in [-0.05, 0) is 278 Å². The molecule has 12 aromatic rings. The number of H-pyrrole nitrogens is 1. The molecule has 0 aliphatic carbocycles. The molecule has 0 atom stereocenters. The number of aromatic hydroxyl groups is 1. The number of alkyl halides is 6. The van der Waals surface area contributed by atoms with Gasteiger partial charge in [0.2, 0.25) is 0 Å². The summed E-state index contributed by atoms with van der Waals surface area (Å²) in [6.07, 6.45) is -2.26. The van der Waals surface area contributed by atoms with Crippen molar-refractivity contribution in [2.75, 3.05) is 20.0 Å². The number of carbonyl (C=O) groups is 1. The van der Waals surface area contributed by atoms with E-state index in [1.54, 1.807) is 23.8 Å². The SMILES string of the molecule is CC(C)c1c[nH]c2ccccc12.CC(C)c1cc(Br)ccc1Br.CC(C)c1cc(C(F)(F)F)cc(C(F)(F)F)c1.CC(C)c1ccc(Cl)c(Cl)c1.CC(C)c1ccc(N)c(Br)c1.CC(C)c1ccc(O)cc1.CC(C)c1cccs1.CC(C)c1ccncc1.COC(=O)n1cc(C(C)C)c2ccccc21.COc1c(Br)cc(C(C)C)cc1Br. The van der Waals surface area contributed by atoms with E-state index in [2.05, 4.69) is 299 Å². The highest BCUT2D eigenvalue weighted by atomic mass is 79.9. The molecule has 4 N–H and O–H groups in total. The molecule has 8 aromatic carbocycles. The zero-order chi connectivity index (χ0) is 89.2. The van der Waals surface area contributed by atoms with Gasteiger partial charge in [-0.15, -0.1) is 11.3 Å². The molecule has 0 spiro atoms. The molecule has 0 amide bonds. The number of benzene rings is 8. The van der Waals surface area contributed by atoms with Crippen LogP contribution in [0.2, 0.25) is 10.0 Å². The highest BCUT2D eigenvalue weighted by Gasteiger charge is 2.37. The third-order valence-electron chi connectivity index (χ3n) is 18.1. The van der Waals surface area contributed by atoms with Crippen molar-refractivity contribution < 1.29 is 45.7 Å². The summed E-state index contributed by atoms with van der Waals surface area (Å²) in [4.78, 5) is 20.3. The fourth-order valence-corrected chi connectivity index (χ4v) is 14.9. The van der Waals surface area contributed by atoms with Crippen LogP contribution in [0.5, 0.6) is 11.5 Å². The Hall–Kier alpha value is -6.88. The number of fused-ring (bicyclic) bond motifs is 2. The fourth-order valence-electron chi connectivity index (χ4n) is 10.9. The van der Waals surface area contributed by atoms with E-state index in [0.29, 0.717) is 69.1 Å². The summed E-state index contributed by atoms with van der Waals surface area (Å²) in [6.45, 7) is 42.1. The molecule has 0 aliphatic rings. The molecule has 0 bridgehead atoms. The lowest BCUT2D eigenvalue weighted by Gasteiger charge is -2.15. The third kappa shape index (κ3) is 36.0. The summed E-state index contributed by atoms with van der Waals surface area (Å²) >= 11 is 30.7. The Balaban J connectivity index is 0.000000341. The van der Waals surface area contributed by atoms with E-state index in [4.69, 9.17) is 43.5 Å². The van der Waals surface area contributed by atoms with Gasteiger partial charge >= 0.3 is 18.4 Å². The smallest absolute Gasteiger partial charge is 0.418 e. The van der Waals surface area contributed by atoms with E-state index in [1.165, 1.54) is 85.7 Å². The maximum Gasteiger partial charge on any atom is 0.418 e. The number of hydrogen-bond acceptors (Lipinski definition) is 7. The summed E-state index contributed by atoms with van der Waals surface area (Å²) in [5, 5.41) is 14.8. The standard InChI is InChI=1S/C13H15NO2.C11H10F6.C11H13N.C10H12Br2O.C9H10Br2.C9H12BrN.C9H10Cl2.C9H12O.C8H11N.C7H10S/c1-9(2)11-8-14(13(15)16-3)12-7-5-4-6-10(11)12;1-6(2)7-3-8(10(12,13)14)5-9(4-7)11(15,16)17;1-8(2)10-7-12-11-6-4-3-5-9(10)11;1-6(2)7-4-8(11)10(13-3)9(12)5-7;1-6(2)8-5-7(10)3-4-9(8)11;1-6(2)7-3-4-9(11)8(10)5-7;1-6(2)7-3-4-8(10)9(11)5-7;1-7(2)8-3-5-9(10)6-4-8;1-7(2)8-3-5-9-6-4-8;1-6(2)7-4-3-5-8-7/h4-9H,1-3H3;3-6H,1-2H3;3-8,12H,1-2H3;4-6H,1-3H3;3-6H,1-2H3;3-6H,11H2,1-2H3;3-6H,1-2H3;3-7,10H,1-2H3;3-7H,1-2H3;3-6H,1-2H3. The lowest BCUT2D eigenvalue weighted by Crippen LogP contribution is -2.12. The first-order valence-electron chi connectivity index (χ1n) is 38.9. The first kappa shape index (κ1) is 105. The Bertz CT molecular complexity index is 4840. The number of ether oxygens (including phenoxy) is 2. The number of rotatable bonds is 11. The van der Waals surface area contributed by atoms with Gasteiger partial charge in [0, 0.05) is 65.1 Å². The van der Waals surface area contributed by atoms with Crippen molar-refractivity contribution in [2.45, 2.75) is 210 Å². The average molecular weight is 2010 g/mol. The highest BCUT2D eigenvalue weighted by Crippen LogP contribution is 2.40. The number of methoxy groups -OCH3 is 2. The van der Waals surface area contributed by atoms with Gasteiger partial charge in [0.15, 0.2) is 0 Å². The number of nitrogens with zero attached hydrogens (tertiary/aromatic N) is 2. The van der Waals surface area contributed by atoms with Gasteiger partial charge in [0.05, 0.1) is 49.9 Å². The van der Waals surface area contributed by atoms with Crippen molar-refractivity contribution in [1.82, 2.24) is 14.5 Å². The molecule has 22 heteroatoms. The van der Waals surface area contributed by atoms with Crippen LogP contribution in [-0.4, -0.2) is 40.0 Å². The number of thiophene rings is 1. The number of nitrogens with two attached hydrogens (primary N) is 1. The Kier molecular flexibility index (Phi) is 46.2. The third-order valence-corrected chi connectivity index (χ3v) is 23.1. The van der Waals surface area contributed by atoms with Gasteiger partial charge in [-0.3, -0.25) is 9.55 Å². The van der Waals surface area contributed by atoms with Crippen LogP contribution in [0.1, 0.15) is 264 Å². The molecule has 8 nitrogen and oxygen atoms in total. The molecule has 4 heterocycles. The normalized spacial score (nSPS) is 11.0. The summed E-state index contributed by atoms with van der Waals surface area (Å²) in [6, 6.07) is 55.8. The van der Waals surface area contributed by atoms with Crippen molar-refractivity contribution >= 4 is 148 Å². The minimum atomic E-state index is -4.77. The van der Waals surface area contributed by atoms with E-state index in [9.17, 15) is 31.1 Å². The Morgan fingerprint density at radius 2 is 0.915 bits per heavy atom. The number of phenolic OH excluding ortho intramolecular Hbond substituents is 1. The van der Waals surface area contributed by atoms with Gasteiger partial charge in [0.25, 0.3) is 0 Å². The van der Waals surface area contributed by atoms with Crippen LogP contribution in [0.25, 0.3) is 21.8 Å². The maximum atomic E-state index is 12.4. The van der Waals surface area contributed by atoms with Crippen LogP contribution >= 0.6 is 114 Å². The van der Waals surface area contributed by atoms with Crippen molar-refractivity contribution in [3.05, 3.63) is 311 Å². The van der Waals surface area contributed by atoms with Crippen molar-refractivity contribution in [1.29, 1.82) is 0 Å². The summed E-state index contributed by atoms with van der Waals surface area (Å²) < 4.78 is 91.4. The predicted octanol–water partition coefficient (Wildman–Crippen LogP) is 35.1. The maximum absolute atomic E-state index is 12.4. The number of para-hydroxylation sites is 2. The first-order chi connectivity index (χ1) is 55.1. The second-order valence-corrected chi connectivity index (χ2v) is 36.8. The molecule has 640 valence electrons. The van der Waals surface area contributed by atoms with E-state index >= 15 is 0 Å². The number of aromatic nitrogens is 3. The number of nitrogens with one attached hydrogen (secondary N) is 1. The molecule has 118 heavy (non-hydrogen) atoms. The minimum absolute atomic E-state index is 0.0205. The van der Waals surface area contributed by atoms with Crippen LogP contribution in [0.3, 0.4) is 0 Å². The summed E-state index contributed by atoms with van der Waals surface area (Å²) in [7, 11) is 3.06. The largest absolute Gasteiger partial charge is 0.508 e. The van der Waals surface area contributed by atoms with E-state index in [1.807, 2.05) is 109 Å². The summed E-state index contributed by atoms with van der Waals surface area (Å²) in [5.41, 5.74) is 16.4. The molecule has 0 fully saturated rings.